The molecule has 2 heterocycles. The second-order valence-corrected chi connectivity index (χ2v) is 7.29. The zero-order valence-electron chi connectivity index (χ0n) is 10.8. The van der Waals surface area contributed by atoms with Gasteiger partial charge in [-0.1, -0.05) is 12.1 Å². The molecule has 2 aromatic rings. The van der Waals surface area contributed by atoms with Crippen LogP contribution in [0.5, 0.6) is 0 Å². The Morgan fingerprint density at radius 1 is 1.42 bits per heavy atom. The Kier molecular flexibility index (Phi) is 3.06. The van der Waals surface area contributed by atoms with Gasteiger partial charge >= 0.3 is 0 Å². The van der Waals surface area contributed by atoms with Gasteiger partial charge in [0.2, 0.25) is 0 Å². The largest absolute Gasteiger partial charge is 0.330 e. The van der Waals surface area contributed by atoms with Crippen molar-refractivity contribution in [1.29, 1.82) is 0 Å². The van der Waals surface area contributed by atoms with Gasteiger partial charge in [-0.05, 0) is 18.6 Å². The van der Waals surface area contributed by atoms with E-state index in [1.54, 1.807) is 0 Å². The average molecular weight is 279 g/mol. The Morgan fingerprint density at radius 3 is 2.89 bits per heavy atom. The lowest BCUT2D eigenvalue weighted by molar-refractivity contribution is 0.535. The molecule has 1 aromatic heterocycles. The third kappa shape index (κ3) is 2.50. The minimum atomic E-state index is -2.82. The third-order valence-electron chi connectivity index (χ3n) is 3.66. The number of sulfone groups is 1. The van der Waals surface area contributed by atoms with Crippen LogP contribution in [0.4, 0.5) is 0 Å². The molecule has 0 unspecified atom stereocenters. The number of benzene rings is 1. The SMILES string of the molecule is Cn1c(CN[C@H]2CCS(=O)(=O)C2)nc2ccccc21. The van der Waals surface area contributed by atoms with Crippen LogP contribution in [0.3, 0.4) is 0 Å². The van der Waals surface area contributed by atoms with Crippen LogP contribution in [0.15, 0.2) is 24.3 Å². The van der Waals surface area contributed by atoms with Gasteiger partial charge in [0.15, 0.2) is 9.84 Å². The maximum atomic E-state index is 11.4. The summed E-state index contributed by atoms with van der Waals surface area (Å²) in [5.41, 5.74) is 2.07. The summed E-state index contributed by atoms with van der Waals surface area (Å²) < 4.78 is 24.8. The van der Waals surface area contributed by atoms with E-state index in [1.165, 1.54) is 0 Å². The normalized spacial score (nSPS) is 22.1. The van der Waals surface area contributed by atoms with Gasteiger partial charge in [0.1, 0.15) is 5.82 Å². The summed E-state index contributed by atoms with van der Waals surface area (Å²) in [6.45, 7) is 0.603. The first kappa shape index (κ1) is 12.6. The van der Waals surface area contributed by atoms with Crippen molar-refractivity contribution in [1.82, 2.24) is 14.9 Å². The molecule has 1 aliphatic rings. The van der Waals surface area contributed by atoms with Crippen LogP contribution < -0.4 is 5.32 Å². The zero-order valence-corrected chi connectivity index (χ0v) is 11.7. The molecule has 0 radical (unpaired) electrons. The maximum Gasteiger partial charge on any atom is 0.151 e. The number of imidazole rings is 1. The molecule has 6 heteroatoms. The summed E-state index contributed by atoms with van der Waals surface area (Å²) in [5, 5.41) is 3.29. The fourth-order valence-corrected chi connectivity index (χ4v) is 4.25. The molecule has 0 bridgehead atoms. The topological polar surface area (TPSA) is 64.0 Å². The quantitative estimate of drug-likeness (QED) is 0.904. The van der Waals surface area contributed by atoms with Gasteiger partial charge in [-0.3, -0.25) is 0 Å². The van der Waals surface area contributed by atoms with E-state index in [4.69, 9.17) is 0 Å². The van der Waals surface area contributed by atoms with E-state index in [9.17, 15) is 8.42 Å². The molecular formula is C13H17N3O2S. The molecule has 1 aliphatic heterocycles. The fourth-order valence-electron chi connectivity index (χ4n) is 2.55. The van der Waals surface area contributed by atoms with Crippen LogP contribution >= 0.6 is 0 Å². The molecule has 1 fully saturated rings. The van der Waals surface area contributed by atoms with E-state index in [-0.39, 0.29) is 11.8 Å². The highest BCUT2D eigenvalue weighted by atomic mass is 32.2. The maximum absolute atomic E-state index is 11.4. The number of hydrogen-bond donors (Lipinski definition) is 1. The number of nitrogens with one attached hydrogen (secondary N) is 1. The molecule has 5 nitrogen and oxygen atoms in total. The molecular weight excluding hydrogens is 262 g/mol. The number of fused-ring (bicyclic) bond motifs is 1. The minimum Gasteiger partial charge on any atom is -0.330 e. The Morgan fingerprint density at radius 2 is 2.21 bits per heavy atom. The molecule has 3 rings (SSSR count). The number of para-hydroxylation sites is 2. The van der Waals surface area contributed by atoms with Gasteiger partial charge in [-0.2, -0.15) is 0 Å². The van der Waals surface area contributed by atoms with Crippen LogP contribution in [0.25, 0.3) is 11.0 Å². The van der Waals surface area contributed by atoms with Crippen LogP contribution in [-0.2, 0) is 23.4 Å². The smallest absolute Gasteiger partial charge is 0.151 e. The molecule has 1 atom stereocenters. The van der Waals surface area contributed by atoms with Gasteiger partial charge in [-0.25, -0.2) is 13.4 Å². The average Bonchev–Trinajstić information content (AvgIpc) is 2.88. The number of aryl methyl sites for hydroxylation is 1. The van der Waals surface area contributed by atoms with Gasteiger partial charge < -0.3 is 9.88 Å². The predicted octanol–water partition coefficient (Wildman–Crippen LogP) is 0.850. The van der Waals surface area contributed by atoms with Crippen molar-refractivity contribution in [2.45, 2.75) is 19.0 Å². The highest BCUT2D eigenvalue weighted by Crippen LogP contribution is 2.15. The van der Waals surface area contributed by atoms with Crippen LogP contribution in [-0.4, -0.2) is 35.5 Å². The van der Waals surface area contributed by atoms with Crippen molar-refractivity contribution in [3.05, 3.63) is 30.1 Å². The van der Waals surface area contributed by atoms with Crippen LogP contribution in [0.1, 0.15) is 12.2 Å². The Labute approximate surface area is 112 Å². The number of rotatable bonds is 3. The summed E-state index contributed by atoms with van der Waals surface area (Å²) in [6, 6.07) is 8.04. The number of aromatic nitrogens is 2. The fraction of sp³-hybridized carbons (Fsp3) is 0.462. The van der Waals surface area contributed by atoms with E-state index in [0.717, 1.165) is 16.9 Å². The summed E-state index contributed by atoms with van der Waals surface area (Å²) in [4.78, 5) is 4.56. The van der Waals surface area contributed by atoms with Crippen molar-refractivity contribution < 1.29 is 8.42 Å². The predicted molar refractivity (Wildman–Crippen MR) is 74.6 cm³/mol. The second-order valence-electron chi connectivity index (χ2n) is 5.06. The van der Waals surface area contributed by atoms with Crippen LogP contribution in [0, 0.1) is 0 Å². The molecule has 1 saturated heterocycles. The molecule has 19 heavy (non-hydrogen) atoms. The van der Waals surface area contributed by atoms with E-state index < -0.39 is 9.84 Å². The van der Waals surface area contributed by atoms with Gasteiger partial charge in [0, 0.05) is 13.1 Å². The minimum absolute atomic E-state index is 0.0600. The Hall–Kier alpha value is -1.40. The van der Waals surface area contributed by atoms with Crippen LogP contribution in [0.2, 0.25) is 0 Å². The summed E-state index contributed by atoms with van der Waals surface area (Å²) in [7, 11) is -0.840. The van der Waals surface area contributed by atoms with Crippen molar-refractivity contribution in [3.8, 4) is 0 Å². The Bertz CT molecular complexity index is 706. The first-order chi connectivity index (χ1) is 9.05. The molecule has 0 amide bonds. The highest BCUT2D eigenvalue weighted by Gasteiger charge is 2.27. The standard InChI is InChI=1S/C13H17N3O2S/c1-16-12-5-3-2-4-11(12)15-13(16)8-14-10-6-7-19(17,18)9-10/h2-5,10,14H,6-9H2,1H3/t10-/m0/s1. The molecule has 0 saturated carbocycles. The van der Waals surface area contributed by atoms with Crippen molar-refractivity contribution in [2.75, 3.05) is 11.5 Å². The molecule has 0 aliphatic carbocycles. The first-order valence-corrected chi connectivity index (χ1v) is 8.21. The monoisotopic (exact) mass is 279 g/mol. The van der Waals surface area contributed by atoms with Gasteiger partial charge in [0.25, 0.3) is 0 Å². The lowest BCUT2D eigenvalue weighted by Crippen LogP contribution is -2.30. The van der Waals surface area contributed by atoms with Crippen molar-refractivity contribution in [2.24, 2.45) is 7.05 Å². The molecule has 1 aromatic carbocycles. The van der Waals surface area contributed by atoms with E-state index >= 15 is 0 Å². The molecule has 1 N–H and O–H groups in total. The van der Waals surface area contributed by atoms with Gasteiger partial charge in [-0.15, -0.1) is 0 Å². The highest BCUT2D eigenvalue weighted by molar-refractivity contribution is 7.91. The molecule has 102 valence electrons. The second kappa shape index (κ2) is 4.61. The van der Waals surface area contributed by atoms with Gasteiger partial charge in [0.05, 0.1) is 29.1 Å². The summed E-state index contributed by atoms with van der Waals surface area (Å²) in [5.74, 6) is 1.48. The van der Waals surface area contributed by atoms with E-state index in [2.05, 4.69) is 10.3 Å². The third-order valence-corrected chi connectivity index (χ3v) is 5.43. The lowest BCUT2D eigenvalue weighted by Gasteiger charge is -2.10. The van der Waals surface area contributed by atoms with E-state index in [0.29, 0.717) is 18.7 Å². The number of nitrogens with zero attached hydrogens (tertiary/aromatic N) is 2. The first-order valence-electron chi connectivity index (χ1n) is 6.39. The lowest BCUT2D eigenvalue weighted by atomic mass is 10.2. The Balaban J connectivity index is 1.74. The van der Waals surface area contributed by atoms with Crippen molar-refractivity contribution in [3.63, 3.8) is 0 Å². The van der Waals surface area contributed by atoms with E-state index in [1.807, 2.05) is 35.9 Å². The zero-order chi connectivity index (χ0) is 13.5. The summed E-state index contributed by atoms with van der Waals surface area (Å²) in [6.07, 6.45) is 0.701. The number of hydrogen-bond acceptors (Lipinski definition) is 4. The summed E-state index contributed by atoms with van der Waals surface area (Å²) >= 11 is 0. The van der Waals surface area contributed by atoms with Crippen molar-refractivity contribution >= 4 is 20.9 Å². The molecule has 0 spiro atoms.